The topological polar surface area (TPSA) is 35.6 Å². The Hall–Kier alpha value is -1.07. The van der Waals surface area contributed by atoms with Crippen LogP contribution in [0.1, 0.15) is 12.5 Å². The molecule has 19 heavy (non-hydrogen) atoms. The van der Waals surface area contributed by atoms with Crippen LogP contribution in [0.25, 0.3) is 0 Å². The maximum atomic E-state index is 12.2. The highest BCUT2D eigenvalue weighted by atomic mass is 79.9. The summed E-state index contributed by atoms with van der Waals surface area (Å²) in [7, 11) is 0. The Bertz CT molecular complexity index is 456. The fraction of sp³-hybridized carbons (Fsp3) is 0.500. The van der Waals surface area contributed by atoms with E-state index in [4.69, 9.17) is 0 Å². The van der Waals surface area contributed by atoms with Gasteiger partial charge in [0.25, 0.3) is 0 Å². The van der Waals surface area contributed by atoms with E-state index in [1.807, 2.05) is 30.0 Å². The molecule has 5 heteroatoms. The summed E-state index contributed by atoms with van der Waals surface area (Å²) in [5.74, 6) is 0. The summed E-state index contributed by atoms with van der Waals surface area (Å²) in [5.41, 5.74) is 2.00. The minimum atomic E-state index is -0.0136. The monoisotopic (exact) mass is 325 g/mol. The predicted octanol–water partition coefficient (Wildman–Crippen LogP) is 2.93. The van der Waals surface area contributed by atoms with Gasteiger partial charge in [-0.15, -0.1) is 0 Å². The molecule has 0 aromatic heterocycles. The molecule has 1 aliphatic rings. The van der Waals surface area contributed by atoms with Crippen LogP contribution in [-0.4, -0.2) is 48.6 Å². The van der Waals surface area contributed by atoms with Crippen molar-refractivity contribution in [2.24, 2.45) is 0 Å². The van der Waals surface area contributed by atoms with Crippen LogP contribution in [-0.2, 0) is 0 Å². The smallest absolute Gasteiger partial charge is 0.321 e. The molecule has 1 N–H and O–H groups in total. The lowest BCUT2D eigenvalue weighted by molar-refractivity contribution is 0.151. The summed E-state index contributed by atoms with van der Waals surface area (Å²) in [6, 6.07) is 5.92. The van der Waals surface area contributed by atoms with Crippen LogP contribution in [0.15, 0.2) is 22.7 Å². The lowest BCUT2D eigenvalue weighted by Gasteiger charge is -2.34. The maximum Gasteiger partial charge on any atom is 0.321 e. The molecule has 0 unspecified atom stereocenters. The van der Waals surface area contributed by atoms with Gasteiger partial charge in [-0.3, -0.25) is 0 Å². The van der Waals surface area contributed by atoms with Crippen LogP contribution in [0, 0.1) is 6.92 Å². The van der Waals surface area contributed by atoms with Crippen LogP contribution >= 0.6 is 15.9 Å². The first kappa shape index (κ1) is 14.3. The molecule has 2 amide bonds. The number of halogens is 1. The molecule has 0 aliphatic carbocycles. The molecule has 1 fully saturated rings. The molecule has 0 radical (unpaired) electrons. The molecule has 1 aliphatic heterocycles. The molecule has 1 heterocycles. The number of urea groups is 1. The highest BCUT2D eigenvalue weighted by Crippen LogP contribution is 2.23. The molecular weight excluding hydrogens is 306 g/mol. The third-order valence-corrected chi connectivity index (χ3v) is 4.13. The van der Waals surface area contributed by atoms with Gasteiger partial charge in [-0.1, -0.05) is 13.0 Å². The van der Waals surface area contributed by atoms with E-state index in [0.717, 1.165) is 42.9 Å². The lowest BCUT2D eigenvalue weighted by atomic mass is 10.2. The van der Waals surface area contributed by atoms with E-state index in [0.29, 0.717) is 0 Å². The first-order chi connectivity index (χ1) is 9.10. The Labute approximate surface area is 122 Å². The number of aryl methyl sites for hydroxylation is 1. The Balaban J connectivity index is 1.94. The lowest BCUT2D eigenvalue weighted by Crippen LogP contribution is -2.49. The van der Waals surface area contributed by atoms with Crippen LogP contribution < -0.4 is 5.32 Å². The summed E-state index contributed by atoms with van der Waals surface area (Å²) < 4.78 is 0.924. The summed E-state index contributed by atoms with van der Waals surface area (Å²) in [6.07, 6.45) is 0. The molecule has 4 nitrogen and oxygen atoms in total. The van der Waals surface area contributed by atoms with Crippen molar-refractivity contribution in [3.8, 4) is 0 Å². The molecule has 1 aromatic rings. The average molecular weight is 326 g/mol. The van der Waals surface area contributed by atoms with Crippen molar-refractivity contribution in [3.05, 3.63) is 28.2 Å². The van der Waals surface area contributed by atoms with Crippen molar-refractivity contribution in [1.29, 1.82) is 0 Å². The Morgan fingerprint density at radius 3 is 2.58 bits per heavy atom. The Morgan fingerprint density at radius 1 is 1.32 bits per heavy atom. The van der Waals surface area contributed by atoms with Crippen molar-refractivity contribution < 1.29 is 4.79 Å². The van der Waals surface area contributed by atoms with Gasteiger partial charge >= 0.3 is 6.03 Å². The number of hydrogen-bond donors (Lipinski definition) is 1. The number of rotatable bonds is 2. The van der Waals surface area contributed by atoms with Gasteiger partial charge in [0.05, 0.1) is 5.69 Å². The minimum absolute atomic E-state index is 0.0136. The molecule has 0 atom stereocenters. The number of nitrogens with one attached hydrogen (secondary N) is 1. The number of hydrogen-bond acceptors (Lipinski definition) is 2. The quantitative estimate of drug-likeness (QED) is 0.907. The summed E-state index contributed by atoms with van der Waals surface area (Å²) >= 11 is 3.48. The van der Waals surface area contributed by atoms with E-state index in [-0.39, 0.29) is 6.03 Å². The standard InChI is InChI=1S/C14H20BrN3O/c1-3-17-6-8-18(9-7-17)14(19)16-13-5-4-11(2)10-12(13)15/h4-5,10H,3,6-9H2,1-2H3,(H,16,19). The van der Waals surface area contributed by atoms with Crippen molar-refractivity contribution in [2.75, 3.05) is 38.0 Å². The average Bonchev–Trinajstić information content (AvgIpc) is 2.42. The number of anilines is 1. The van der Waals surface area contributed by atoms with Crippen LogP contribution in [0.5, 0.6) is 0 Å². The molecule has 0 spiro atoms. The van der Waals surface area contributed by atoms with E-state index >= 15 is 0 Å². The highest BCUT2D eigenvalue weighted by molar-refractivity contribution is 9.10. The number of likely N-dealkylation sites (N-methyl/N-ethyl adjacent to an activating group) is 1. The third-order valence-electron chi connectivity index (χ3n) is 3.47. The second-order valence-electron chi connectivity index (χ2n) is 4.83. The maximum absolute atomic E-state index is 12.2. The van der Waals surface area contributed by atoms with Crippen molar-refractivity contribution >= 4 is 27.6 Å². The van der Waals surface area contributed by atoms with Gasteiger partial charge in [0.1, 0.15) is 0 Å². The zero-order valence-electron chi connectivity index (χ0n) is 11.4. The van der Waals surface area contributed by atoms with Crippen molar-refractivity contribution in [2.45, 2.75) is 13.8 Å². The molecule has 0 saturated carbocycles. The van der Waals surface area contributed by atoms with Crippen molar-refractivity contribution in [1.82, 2.24) is 9.80 Å². The highest BCUT2D eigenvalue weighted by Gasteiger charge is 2.20. The summed E-state index contributed by atoms with van der Waals surface area (Å²) in [5, 5.41) is 2.96. The Kier molecular flexibility index (Phi) is 4.82. The summed E-state index contributed by atoms with van der Waals surface area (Å²) in [4.78, 5) is 16.4. The molecule has 104 valence electrons. The zero-order chi connectivity index (χ0) is 13.8. The Morgan fingerprint density at radius 2 is 2.00 bits per heavy atom. The first-order valence-corrected chi connectivity index (χ1v) is 7.44. The number of nitrogens with zero attached hydrogens (tertiary/aromatic N) is 2. The van der Waals surface area contributed by atoms with Gasteiger partial charge < -0.3 is 15.1 Å². The third kappa shape index (κ3) is 3.70. The summed E-state index contributed by atoms with van der Waals surface area (Å²) in [6.45, 7) is 8.74. The number of amides is 2. The number of benzene rings is 1. The second kappa shape index (κ2) is 6.39. The van der Waals surface area contributed by atoms with E-state index in [1.165, 1.54) is 5.56 Å². The van der Waals surface area contributed by atoms with E-state index in [2.05, 4.69) is 33.1 Å². The molecule has 1 saturated heterocycles. The zero-order valence-corrected chi connectivity index (χ0v) is 13.0. The fourth-order valence-electron chi connectivity index (χ4n) is 2.18. The number of carbonyl (C=O) groups is 1. The van der Waals surface area contributed by atoms with Crippen LogP contribution in [0.4, 0.5) is 10.5 Å². The predicted molar refractivity (Wildman–Crippen MR) is 81.6 cm³/mol. The first-order valence-electron chi connectivity index (χ1n) is 6.64. The molecule has 1 aromatic carbocycles. The van der Waals surface area contributed by atoms with Gasteiger partial charge in [0.2, 0.25) is 0 Å². The number of piperazine rings is 1. The van der Waals surface area contributed by atoms with Crippen LogP contribution in [0.2, 0.25) is 0 Å². The largest absolute Gasteiger partial charge is 0.322 e. The van der Waals surface area contributed by atoms with Crippen LogP contribution in [0.3, 0.4) is 0 Å². The molecule has 0 bridgehead atoms. The van der Waals surface area contributed by atoms with Gasteiger partial charge in [-0.25, -0.2) is 4.79 Å². The van der Waals surface area contributed by atoms with Gasteiger partial charge in [0, 0.05) is 30.7 Å². The van der Waals surface area contributed by atoms with E-state index in [9.17, 15) is 4.79 Å². The SMILES string of the molecule is CCN1CCN(C(=O)Nc2ccc(C)cc2Br)CC1. The molecular formula is C14H20BrN3O. The van der Waals surface area contributed by atoms with Gasteiger partial charge in [-0.05, 0) is 47.1 Å². The fourth-order valence-corrected chi connectivity index (χ4v) is 2.78. The number of carbonyl (C=O) groups excluding carboxylic acids is 1. The van der Waals surface area contributed by atoms with Gasteiger partial charge in [0.15, 0.2) is 0 Å². The second-order valence-corrected chi connectivity index (χ2v) is 5.69. The van der Waals surface area contributed by atoms with E-state index in [1.54, 1.807) is 0 Å². The van der Waals surface area contributed by atoms with E-state index < -0.39 is 0 Å². The van der Waals surface area contributed by atoms with Gasteiger partial charge in [-0.2, -0.15) is 0 Å². The molecule has 2 rings (SSSR count). The minimum Gasteiger partial charge on any atom is -0.322 e. The van der Waals surface area contributed by atoms with Crippen molar-refractivity contribution in [3.63, 3.8) is 0 Å². The normalized spacial score (nSPS) is 16.5.